The van der Waals surface area contributed by atoms with E-state index < -0.39 is 0 Å². The predicted octanol–water partition coefficient (Wildman–Crippen LogP) is 2.56. The van der Waals surface area contributed by atoms with Crippen LogP contribution in [0.15, 0.2) is 24.3 Å². The molecule has 0 bridgehead atoms. The van der Waals surface area contributed by atoms with Crippen molar-refractivity contribution in [2.75, 3.05) is 25.0 Å². The Morgan fingerprint density at radius 1 is 1.12 bits per heavy atom. The largest absolute Gasteiger partial charge is 0.353 e. The third kappa shape index (κ3) is 5.64. The van der Waals surface area contributed by atoms with Crippen LogP contribution in [-0.4, -0.2) is 42.4 Å². The highest BCUT2D eigenvalue weighted by Crippen LogP contribution is 2.16. The van der Waals surface area contributed by atoms with Gasteiger partial charge < -0.3 is 10.6 Å². The Hall–Kier alpha value is -1.88. The molecular weight excluding hydrogens is 302 g/mol. The average molecular weight is 331 g/mol. The third-order valence-corrected chi connectivity index (χ3v) is 4.31. The number of likely N-dealkylation sites (tertiary alicyclic amines) is 1. The van der Waals surface area contributed by atoms with Crippen molar-refractivity contribution in [3.8, 4) is 0 Å². The van der Waals surface area contributed by atoms with Crippen molar-refractivity contribution in [2.45, 2.75) is 46.6 Å². The second-order valence-electron chi connectivity index (χ2n) is 7.69. The third-order valence-electron chi connectivity index (χ3n) is 4.31. The van der Waals surface area contributed by atoms with E-state index >= 15 is 0 Å². The van der Waals surface area contributed by atoms with Gasteiger partial charge >= 0.3 is 0 Å². The number of hydrogen-bond donors (Lipinski definition) is 2. The number of hydrogen-bond acceptors (Lipinski definition) is 3. The Labute approximate surface area is 144 Å². The fourth-order valence-electron chi connectivity index (χ4n) is 2.68. The van der Waals surface area contributed by atoms with Crippen LogP contribution in [0.25, 0.3) is 0 Å². The number of nitrogens with one attached hydrogen (secondary N) is 2. The smallest absolute Gasteiger partial charge is 0.238 e. The molecule has 1 aromatic rings. The molecule has 2 rings (SSSR count). The van der Waals surface area contributed by atoms with Crippen LogP contribution in [0.1, 0.15) is 39.2 Å². The van der Waals surface area contributed by atoms with E-state index in [0.29, 0.717) is 6.54 Å². The number of amides is 2. The van der Waals surface area contributed by atoms with Crippen LogP contribution in [-0.2, 0) is 9.59 Å². The summed E-state index contributed by atoms with van der Waals surface area (Å²) in [4.78, 5) is 26.3. The summed E-state index contributed by atoms with van der Waals surface area (Å²) in [6.07, 6.45) is 1.78. The van der Waals surface area contributed by atoms with Gasteiger partial charge in [0.15, 0.2) is 0 Å². The second-order valence-corrected chi connectivity index (χ2v) is 7.69. The van der Waals surface area contributed by atoms with Gasteiger partial charge in [0.25, 0.3) is 0 Å². The maximum atomic E-state index is 12.1. The first-order valence-corrected chi connectivity index (χ1v) is 8.64. The van der Waals surface area contributed by atoms with Gasteiger partial charge in [-0.1, -0.05) is 38.5 Å². The first-order chi connectivity index (χ1) is 11.2. The van der Waals surface area contributed by atoms with Crippen molar-refractivity contribution in [2.24, 2.45) is 5.41 Å². The fourth-order valence-corrected chi connectivity index (χ4v) is 2.68. The van der Waals surface area contributed by atoms with E-state index in [9.17, 15) is 9.59 Å². The molecule has 0 atom stereocenters. The number of aryl methyl sites for hydroxylation is 1. The molecule has 0 unspecified atom stereocenters. The van der Waals surface area contributed by atoms with E-state index in [-0.39, 0.29) is 23.3 Å². The molecular formula is C19H29N3O2. The first-order valence-electron chi connectivity index (χ1n) is 8.64. The van der Waals surface area contributed by atoms with Gasteiger partial charge in [0, 0.05) is 30.2 Å². The molecule has 1 saturated heterocycles. The lowest BCUT2D eigenvalue weighted by Crippen LogP contribution is -2.48. The van der Waals surface area contributed by atoms with Crippen molar-refractivity contribution in [3.05, 3.63) is 29.8 Å². The summed E-state index contributed by atoms with van der Waals surface area (Å²) in [5.41, 5.74) is 1.65. The summed E-state index contributed by atoms with van der Waals surface area (Å²) in [5.74, 6) is 0.106. The summed E-state index contributed by atoms with van der Waals surface area (Å²) < 4.78 is 0. The number of rotatable bonds is 4. The Kier molecular flexibility index (Phi) is 5.99. The van der Waals surface area contributed by atoms with E-state index in [2.05, 4.69) is 15.5 Å². The van der Waals surface area contributed by atoms with Crippen LogP contribution in [0.3, 0.4) is 0 Å². The minimum Gasteiger partial charge on any atom is -0.353 e. The molecule has 5 nitrogen and oxygen atoms in total. The van der Waals surface area contributed by atoms with Crippen molar-refractivity contribution < 1.29 is 9.59 Å². The molecule has 1 heterocycles. The average Bonchev–Trinajstić information content (AvgIpc) is 2.50. The molecule has 2 N–H and O–H groups in total. The van der Waals surface area contributed by atoms with Crippen LogP contribution in [0.4, 0.5) is 5.69 Å². The second kappa shape index (κ2) is 7.79. The van der Waals surface area contributed by atoms with Crippen molar-refractivity contribution in [1.29, 1.82) is 0 Å². The Morgan fingerprint density at radius 2 is 1.71 bits per heavy atom. The number of anilines is 1. The fraction of sp³-hybridized carbons (Fsp3) is 0.579. The highest BCUT2D eigenvalue weighted by molar-refractivity contribution is 5.92. The van der Waals surface area contributed by atoms with Gasteiger partial charge in [0.1, 0.15) is 0 Å². The highest BCUT2D eigenvalue weighted by atomic mass is 16.2. The molecule has 5 heteroatoms. The van der Waals surface area contributed by atoms with E-state index in [0.717, 1.165) is 31.6 Å². The Bertz CT molecular complexity index is 567. The number of carbonyl (C=O) groups excluding carboxylic acids is 2. The van der Waals surface area contributed by atoms with Crippen LogP contribution in [0.5, 0.6) is 0 Å². The molecule has 24 heavy (non-hydrogen) atoms. The molecule has 0 saturated carbocycles. The van der Waals surface area contributed by atoms with Crippen LogP contribution < -0.4 is 10.6 Å². The molecule has 1 fully saturated rings. The maximum absolute atomic E-state index is 12.1. The lowest BCUT2D eigenvalue weighted by Gasteiger charge is -2.33. The quantitative estimate of drug-likeness (QED) is 0.891. The SMILES string of the molecule is Cc1ccc(NC(=O)CN2CCC(NC(=O)C(C)(C)C)CC2)cc1. The lowest BCUT2D eigenvalue weighted by atomic mass is 9.94. The molecule has 0 aliphatic carbocycles. The lowest BCUT2D eigenvalue weighted by molar-refractivity contribution is -0.129. The minimum absolute atomic E-state index is 0.0102. The zero-order valence-electron chi connectivity index (χ0n) is 15.2. The summed E-state index contributed by atoms with van der Waals surface area (Å²) in [6, 6.07) is 8.02. The zero-order valence-corrected chi connectivity index (χ0v) is 15.2. The summed E-state index contributed by atoms with van der Waals surface area (Å²) in [5, 5.41) is 6.04. The Balaban J connectivity index is 1.73. The van der Waals surface area contributed by atoms with Gasteiger partial charge in [-0.3, -0.25) is 14.5 Å². The van der Waals surface area contributed by atoms with Gasteiger partial charge in [-0.15, -0.1) is 0 Å². The molecule has 1 aliphatic rings. The summed E-state index contributed by atoms with van der Waals surface area (Å²) in [7, 11) is 0. The topological polar surface area (TPSA) is 61.4 Å². The molecule has 2 amide bonds. The van der Waals surface area contributed by atoms with Crippen molar-refractivity contribution in [1.82, 2.24) is 10.2 Å². The first kappa shape index (κ1) is 18.5. The van der Waals surface area contributed by atoms with E-state index in [4.69, 9.17) is 0 Å². The van der Waals surface area contributed by atoms with Crippen molar-refractivity contribution in [3.63, 3.8) is 0 Å². The molecule has 132 valence electrons. The monoisotopic (exact) mass is 331 g/mol. The van der Waals surface area contributed by atoms with Crippen LogP contribution >= 0.6 is 0 Å². The van der Waals surface area contributed by atoms with E-state index in [1.54, 1.807) is 0 Å². The summed E-state index contributed by atoms with van der Waals surface area (Å²) in [6.45, 7) is 9.85. The van der Waals surface area contributed by atoms with Gasteiger partial charge in [-0.2, -0.15) is 0 Å². The molecule has 1 aliphatic heterocycles. The van der Waals surface area contributed by atoms with Gasteiger partial charge in [-0.05, 0) is 31.9 Å². The highest BCUT2D eigenvalue weighted by Gasteiger charge is 2.26. The van der Waals surface area contributed by atoms with Gasteiger partial charge in [-0.25, -0.2) is 0 Å². The van der Waals surface area contributed by atoms with Crippen molar-refractivity contribution >= 4 is 17.5 Å². The zero-order chi connectivity index (χ0) is 17.7. The predicted molar refractivity (Wildman–Crippen MR) is 96.9 cm³/mol. The van der Waals surface area contributed by atoms with E-state index in [1.807, 2.05) is 52.0 Å². The van der Waals surface area contributed by atoms with E-state index in [1.165, 1.54) is 5.56 Å². The molecule has 0 aromatic heterocycles. The number of piperidine rings is 1. The number of benzene rings is 1. The van der Waals surface area contributed by atoms with Crippen LogP contribution in [0.2, 0.25) is 0 Å². The number of nitrogens with zero attached hydrogens (tertiary/aromatic N) is 1. The molecule has 0 spiro atoms. The molecule has 0 radical (unpaired) electrons. The standard InChI is InChI=1S/C19H29N3O2/c1-14-5-7-15(8-6-14)20-17(23)13-22-11-9-16(10-12-22)21-18(24)19(2,3)4/h5-8,16H,9-13H2,1-4H3,(H,20,23)(H,21,24). The maximum Gasteiger partial charge on any atom is 0.238 e. The van der Waals surface area contributed by atoms with Crippen LogP contribution in [0, 0.1) is 12.3 Å². The summed E-state index contributed by atoms with van der Waals surface area (Å²) >= 11 is 0. The van der Waals surface area contributed by atoms with Gasteiger partial charge in [0.05, 0.1) is 6.54 Å². The minimum atomic E-state index is -0.356. The number of carbonyl (C=O) groups is 2. The normalized spacial score (nSPS) is 16.7. The van der Waals surface area contributed by atoms with Gasteiger partial charge in [0.2, 0.25) is 11.8 Å². The molecule has 1 aromatic carbocycles. The Morgan fingerprint density at radius 3 is 2.25 bits per heavy atom.